The van der Waals surface area contributed by atoms with Gasteiger partial charge in [0.2, 0.25) is 0 Å². The molecule has 0 saturated heterocycles. The maximum absolute atomic E-state index is 13.8. The van der Waals surface area contributed by atoms with Gasteiger partial charge in [0.15, 0.2) is 5.01 Å². The number of hydrogen-bond donors (Lipinski definition) is 1. The first-order valence-electron chi connectivity index (χ1n) is 5.61. The van der Waals surface area contributed by atoms with Crippen molar-refractivity contribution >= 4 is 11.3 Å². The molecule has 0 aliphatic carbocycles. The maximum atomic E-state index is 13.8. The Kier molecular flexibility index (Phi) is 4.22. The van der Waals surface area contributed by atoms with E-state index in [1.807, 2.05) is 6.92 Å². The summed E-state index contributed by atoms with van der Waals surface area (Å²) < 4.78 is 18.8. The minimum atomic E-state index is -0.347. The highest BCUT2D eigenvalue weighted by atomic mass is 32.1. The number of benzene rings is 1. The summed E-state index contributed by atoms with van der Waals surface area (Å²) >= 11 is 1.39. The number of nitrogens with one attached hydrogen (secondary N) is 1. The summed E-state index contributed by atoms with van der Waals surface area (Å²) in [4.78, 5) is 0. The molecule has 0 saturated carbocycles. The van der Waals surface area contributed by atoms with E-state index >= 15 is 0 Å². The van der Waals surface area contributed by atoms with Gasteiger partial charge in [-0.1, -0.05) is 18.3 Å². The van der Waals surface area contributed by atoms with Crippen molar-refractivity contribution in [3.8, 4) is 16.3 Å². The van der Waals surface area contributed by atoms with E-state index in [2.05, 4.69) is 15.5 Å². The molecule has 0 bridgehead atoms. The smallest absolute Gasteiger partial charge is 0.150 e. The van der Waals surface area contributed by atoms with Crippen molar-refractivity contribution in [2.24, 2.45) is 0 Å². The number of rotatable bonds is 5. The number of halogens is 1. The van der Waals surface area contributed by atoms with Crippen molar-refractivity contribution < 1.29 is 9.13 Å². The van der Waals surface area contributed by atoms with Crippen LogP contribution in [0.15, 0.2) is 18.2 Å². The molecule has 2 rings (SSSR count). The lowest BCUT2D eigenvalue weighted by molar-refractivity contribution is 0.411. The average Bonchev–Trinajstić information content (AvgIpc) is 2.84. The fourth-order valence-corrected chi connectivity index (χ4v) is 2.30. The number of nitrogens with zero attached hydrogens (tertiary/aromatic N) is 2. The van der Waals surface area contributed by atoms with Crippen LogP contribution in [-0.4, -0.2) is 23.9 Å². The highest BCUT2D eigenvalue weighted by Crippen LogP contribution is 2.28. The zero-order valence-corrected chi connectivity index (χ0v) is 11.1. The van der Waals surface area contributed by atoms with Gasteiger partial charge in [0, 0.05) is 18.2 Å². The normalized spacial score (nSPS) is 10.6. The maximum Gasteiger partial charge on any atom is 0.150 e. The van der Waals surface area contributed by atoms with Gasteiger partial charge in [0.1, 0.15) is 16.6 Å². The summed E-state index contributed by atoms with van der Waals surface area (Å²) in [7, 11) is 1.51. The van der Waals surface area contributed by atoms with Crippen molar-refractivity contribution in [1.29, 1.82) is 0 Å². The van der Waals surface area contributed by atoms with Gasteiger partial charge in [-0.2, -0.15) is 0 Å². The number of hydrogen-bond acceptors (Lipinski definition) is 5. The summed E-state index contributed by atoms with van der Waals surface area (Å²) in [5.74, 6) is 0.147. The molecule has 1 heterocycles. The third-order valence-corrected chi connectivity index (χ3v) is 3.36. The predicted molar refractivity (Wildman–Crippen MR) is 69.2 cm³/mol. The highest BCUT2D eigenvalue weighted by molar-refractivity contribution is 7.14. The molecule has 96 valence electrons. The van der Waals surface area contributed by atoms with Gasteiger partial charge in [0.05, 0.1) is 7.11 Å². The molecule has 0 amide bonds. The van der Waals surface area contributed by atoms with E-state index in [1.54, 1.807) is 12.1 Å². The molecular weight excluding hydrogens is 253 g/mol. The van der Waals surface area contributed by atoms with Crippen LogP contribution in [-0.2, 0) is 6.54 Å². The van der Waals surface area contributed by atoms with Crippen molar-refractivity contribution in [2.45, 2.75) is 13.5 Å². The summed E-state index contributed by atoms with van der Waals surface area (Å²) in [5, 5.41) is 12.6. The van der Waals surface area contributed by atoms with Gasteiger partial charge >= 0.3 is 0 Å². The van der Waals surface area contributed by atoms with E-state index in [1.165, 1.54) is 24.5 Å². The Bertz CT molecular complexity index is 530. The second-order valence-electron chi connectivity index (χ2n) is 3.63. The molecule has 1 aromatic heterocycles. The van der Waals surface area contributed by atoms with Crippen LogP contribution in [0.25, 0.3) is 10.6 Å². The van der Waals surface area contributed by atoms with Gasteiger partial charge in [-0.25, -0.2) is 4.39 Å². The summed E-state index contributed by atoms with van der Waals surface area (Å²) in [6, 6.07) is 4.72. The molecule has 0 fully saturated rings. The Labute approximate surface area is 109 Å². The first kappa shape index (κ1) is 12.9. The topological polar surface area (TPSA) is 47.0 Å². The van der Waals surface area contributed by atoms with E-state index in [0.717, 1.165) is 11.6 Å². The first-order chi connectivity index (χ1) is 8.74. The lowest BCUT2D eigenvalue weighted by Gasteiger charge is -2.02. The molecule has 0 radical (unpaired) electrons. The van der Waals surface area contributed by atoms with Crippen LogP contribution in [0, 0.1) is 5.82 Å². The van der Waals surface area contributed by atoms with Crippen LogP contribution in [0.2, 0.25) is 0 Å². The predicted octanol–water partition coefficient (Wildman–Crippen LogP) is 2.46. The Hall–Kier alpha value is -1.53. The quantitative estimate of drug-likeness (QED) is 0.904. The van der Waals surface area contributed by atoms with Crippen molar-refractivity contribution in [3.63, 3.8) is 0 Å². The van der Waals surface area contributed by atoms with E-state index < -0.39 is 0 Å². The average molecular weight is 267 g/mol. The zero-order chi connectivity index (χ0) is 13.0. The Morgan fingerprint density at radius 3 is 2.89 bits per heavy atom. The van der Waals surface area contributed by atoms with Crippen LogP contribution in [0.5, 0.6) is 5.75 Å². The van der Waals surface area contributed by atoms with Gasteiger partial charge in [0.25, 0.3) is 0 Å². The van der Waals surface area contributed by atoms with Crippen LogP contribution in [0.3, 0.4) is 0 Å². The monoisotopic (exact) mass is 267 g/mol. The first-order valence-corrected chi connectivity index (χ1v) is 6.43. The lowest BCUT2D eigenvalue weighted by Crippen LogP contribution is -2.11. The minimum Gasteiger partial charge on any atom is -0.497 e. The molecule has 0 aliphatic heterocycles. The highest BCUT2D eigenvalue weighted by Gasteiger charge is 2.11. The zero-order valence-electron chi connectivity index (χ0n) is 10.2. The molecule has 2 aromatic rings. The molecule has 4 nitrogen and oxygen atoms in total. The fourth-order valence-electron chi connectivity index (χ4n) is 1.46. The third kappa shape index (κ3) is 2.83. The molecule has 0 unspecified atom stereocenters. The number of ether oxygens (including phenoxy) is 1. The summed E-state index contributed by atoms with van der Waals surface area (Å²) in [6.45, 7) is 3.54. The second kappa shape index (κ2) is 5.88. The van der Waals surface area contributed by atoms with E-state index in [4.69, 9.17) is 4.74 Å². The van der Waals surface area contributed by atoms with Crippen LogP contribution in [0.1, 0.15) is 11.9 Å². The van der Waals surface area contributed by atoms with E-state index in [9.17, 15) is 4.39 Å². The van der Waals surface area contributed by atoms with Crippen molar-refractivity contribution in [2.75, 3.05) is 13.7 Å². The Morgan fingerprint density at radius 1 is 1.39 bits per heavy atom. The van der Waals surface area contributed by atoms with Crippen LogP contribution < -0.4 is 10.1 Å². The molecular formula is C12H14FN3OS. The van der Waals surface area contributed by atoms with Crippen LogP contribution in [0.4, 0.5) is 4.39 Å². The SMILES string of the molecule is CCNCc1nnc(-c2ccc(OC)cc2F)s1. The largest absolute Gasteiger partial charge is 0.497 e. The molecule has 6 heteroatoms. The van der Waals surface area contributed by atoms with Crippen molar-refractivity contribution in [1.82, 2.24) is 15.5 Å². The van der Waals surface area contributed by atoms with E-state index in [0.29, 0.717) is 22.9 Å². The van der Waals surface area contributed by atoms with Crippen LogP contribution >= 0.6 is 11.3 Å². The third-order valence-electron chi connectivity index (χ3n) is 2.40. The molecule has 0 atom stereocenters. The fraction of sp³-hybridized carbons (Fsp3) is 0.333. The summed E-state index contributed by atoms with van der Waals surface area (Å²) in [6.07, 6.45) is 0. The van der Waals surface area contributed by atoms with E-state index in [-0.39, 0.29) is 5.82 Å². The molecule has 18 heavy (non-hydrogen) atoms. The van der Waals surface area contributed by atoms with Gasteiger partial charge < -0.3 is 10.1 Å². The van der Waals surface area contributed by atoms with Crippen molar-refractivity contribution in [3.05, 3.63) is 29.0 Å². The summed E-state index contributed by atoms with van der Waals surface area (Å²) in [5.41, 5.74) is 0.455. The standard InChI is InChI=1S/C12H14FN3OS/c1-3-14-7-11-15-16-12(18-11)9-5-4-8(17-2)6-10(9)13/h4-6,14H,3,7H2,1-2H3. The van der Waals surface area contributed by atoms with Gasteiger partial charge in [-0.3, -0.25) is 0 Å². The Morgan fingerprint density at radius 2 is 2.22 bits per heavy atom. The lowest BCUT2D eigenvalue weighted by atomic mass is 10.2. The number of methoxy groups -OCH3 is 1. The molecule has 0 spiro atoms. The minimum absolute atomic E-state index is 0.347. The Balaban J connectivity index is 2.23. The number of aromatic nitrogens is 2. The molecule has 1 N–H and O–H groups in total. The molecule has 1 aromatic carbocycles. The van der Waals surface area contributed by atoms with Gasteiger partial charge in [-0.15, -0.1) is 10.2 Å². The second-order valence-corrected chi connectivity index (χ2v) is 4.69. The molecule has 0 aliphatic rings. The van der Waals surface area contributed by atoms with Gasteiger partial charge in [-0.05, 0) is 18.7 Å².